The average Bonchev–Trinajstić information content (AvgIpc) is 2.04. The van der Waals surface area contributed by atoms with Crippen molar-refractivity contribution in [2.24, 2.45) is 5.92 Å². The Morgan fingerprint density at radius 2 is 2.23 bits per heavy atom. The molecule has 0 fully saturated rings. The van der Waals surface area contributed by atoms with E-state index in [-0.39, 0.29) is 5.92 Å². The quantitative estimate of drug-likeness (QED) is 0.770. The van der Waals surface area contributed by atoms with Crippen LogP contribution in [0.3, 0.4) is 0 Å². The first-order valence-electron chi connectivity index (χ1n) is 4.38. The van der Waals surface area contributed by atoms with Gasteiger partial charge in [-0.2, -0.15) is 0 Å². The summed E-state index contributed by atoms with van der Waals surface area (Å²) in [4.78, 5) is 10.6. The molecule has 2 nitrogen and oxygen atoms in total. The van der Waals surface area contributed by atoms with Crippen molar-refractivity contribution in [2.45, 2.75) is 20.3 Å². The first kappa shape index (κ1) is 9.78. The smallest absolute Gasteiger partial charge is 0.306 e. The second-order valence-electron chi connectivity index (χ2n) is 3.43. The Bertz CT molecular complexity index is 305. The highest BCUT2D eigenvalue weighted by molar-refractivity contribution is 5.69. The van der Waals surface area contributed by atoms with Crippen molar-refractivity contribution >= 4 is 5.97 Å². The van der Waals surface area contributed by atoms with Gasteiger partial charge < -0.3 is 5.11 Å². The number of hydrogen-bond acceptors (Lipinski definition) is 1. The Labute approximate surface area is 78.2 Å². The van der Waals surface area contributed by atoms with Gasteiger partial charge in [0.15, 0.2) is 0 Å². The third-order valence-electron chi connectivity index (χ3n) is 2.05. The third kappa shape index (κ3) is 2.90. The fraction of sp³-hybridized carbons (Fsp3) is 0.364. The van der Waals surface area contributed by atoms with Crippen LogP contribution in [0.15, 0.2) is 24.3 Å². The predicted octanol–water partition coefficient (Wildman–Crippen LogP) is 2.26. The minimum atomic E-state index is -0.735. The van der Waals surface area contributed by atoms with Gasteiger partial charge in [0.05, 0.1) is 5.92 Å². The summed E-state index contributed by atoms with van der Waals surface area (Å²) in [7, 11) is 0. The molecule has 0 aliphatic rings. The van der Waals surface area contributed by atoms with E-state index in [0.29, 0.717) is 6.42 Å². The van der Waals surface area contributed by atoms with Crippen LogP contribution in [0, 0.1) is 12.8 Å². The summed E-state index contributed by atoms with van der Waals surface area (Å²) in [6.07, 6.45) is 0.608. The average molecular weight is 178 g/mol. The second kappa shape index (κ2) is 4.08. The Morgan fingerprint density at radius 1 is 1.54 bits per heavy atom. The van der Waals surface area contributed by atoms with Crippen molar-refractivity contribution < 1.29 is 9.90 Å². The number of aliphatic carboxylic acids is 1. The number of rotatable bonds is 3. The predicted molar refractivity (Wildman–Crippen MR) is 51.7 cm³/mol. The van der Waals surface area contributed by atoms with Crippen molar-refractivity contribution in [3.05, 3.63) is 35.4 Å². The Hall–Kier alpha value is -1.31. The Morgan fingerprint density at radius 3 is 2.77 bits per heavy atom. The van der Waals surface area contributed by atoms with Gasteiger partial charge in [-0.25, -0.2) is 0 Å². The monoisotopic (exact) mass is 178 g/mol. The first-order valence-corrected chi connectivity index (χ1v) is 4.38. The number of carboxylic acid groups (broad SMARTS) is 1. The molecule has 1 rings (SSSR count). The van der Waals surface area contributed by atoms with Crippen LogP contribution in [-0.4, -0.2) is 11.1 Å². The molecule has 0 amide bonds. The summed E-state index contributed by atoms with van der Waals surface area (Å²) >= 11 is 0. The normalized spacial score (nSPS) is 12.5. The molecule has 13 heavy (non-hydrogen) atoms. The molecule has 1 aromatic carbocycles. The largest absolute Gasteiger partial charge is 0.481 e. The zero-order chi connectivity index (χ0) is 9.84. The van der Waals surface area contributed by atoms with Crippen LogP contribution in [0.5, 0.6) is 0 Å². The lowest BCUT2D eigenvalue weighted by molar-refractivity contribution is -0.141. The molecule has 0 aliphatic carbocycles. The van der Waals surface area contributed by atoms with Crippen molar-refractivity contribution in [3.8, 4) is 0 Å². The van der Waals surface area contributed by atoms with Crippen LogP contribution in [0.1, 0.15) is 18.1 Å². The fourth-order valence-electron chi connectivity index (χ4n) is 1.28. The third-order valence-corrected chi connectivity index (χ3v) is 2.05. The molecule has 0 bridgehead atoms. The molecule has 70 valence electrons. The lowest BCUT2D eigenvalue weighted by Crippen LogP contribution is -2.12. The van der Waals surface area contributed by atoms with E-state index in [2.05, 4.69) is 0 Å². The molecular weight excluding hydrogens is 164 g/mol. The number of hydrogen-bond donors (Lipinski definition) is 1. The minimum absolute atomic E-state index is 0.304. The SMILES string of the molecule is Cc1cccc(C[C@H](C)C(=O)O)c1. The highest BCUT2D eigenvalue weighted by atomic mass is 16.4. The molecule has 0 spiro atoms. The molecule has 1 aromatic rings. The van der Waals surface area contributed by atoms with Crippen molar-refractivity contribution in [3.63, 3.8) is 0 Å². The maximum atomic E-state index is 10.6. The van der Waals surface area contributed by atoms with Gasteiger partial charge in [-0.05, 0) is 18.9 Å². The summed E-state index contributed by atoms with van der Waals surface area (Å²) in [5.41, 5.74) is 2.27. The lowest BCUT2D eigenvalue weighted by atomic mass is 10.0. The Balaban J connectivity index is 2.69. The van der Waals surface area contributed by atoms with Gasteiger partial charge in [-0.1, -0.05) is 36.8 Å². The van der Waals surface area contributed by atoms with Crippen LogP contribution < -0.4 is 0 Å². The first-order chi connectivity index (χ1) is 6.09. The van der Waals surface area contributed by atoms with E-state index in [1.807, 2.05) is 31.2 Å². The molecule has 0 radical (unpaired) electrons. The molecule has 1 N–H and O–H groups in total. The molecule has 0 heterocycles. The summed E-state index contributed by atoms with van der Waals surface area (Å²) in [5.74, 6) is -1.04. The molecule has 0 unspecified atom stereocenters. The van der Waals surface area contributed by atoms with Gasteiger partial charge in [0, 0.05) is 0 Å². The topological polar surface area (TPSA) is 37.3 Å². The number of carbonyl (C=O) groups is 1. The van der Waals surface area contributed by atoms with E-state index in [9.17, 15) is 4.79 Å². The molecule has 0 saturated heterocycles. The van der Waals surface area contributed by atoms with Gasteiger partial charge in [0.1, 0.15) is 0 Å². The Kier molecular flexibility index (Phi) is 3.07. The van der Waals surface area contributed by atoms with Crippen LogP contribution in [0.2, 0.25) is 0 Å². The molecule has 0 aromatic heterocycles. The van der Waals surface area contributed by atoms with E-state index in [1.165, 1.54) is 5.56 Å². The summed E-state index contributed by atoms with van der Waals surface area (Å²) in [6, 6.07) is 7.96. The summed E-state index contributed by atoms with van der Waals surface area (Å²) in [6.45, 7) is 3.74. The van der Waals surface area contributed by atoms with Gasteiger partial charge in [0.2, 0.25) is 0 Å². The van der Waals surface area contributed by atoms with E-state index in [4.69, 9.17) is 5.11 Å². The van der Waals surface area contributed by atoms with E-state index in [1.54, 1.807) is 6.92 Å². The van der Waals surface area contributed by atoms with Gasteiger partial charge in [-0.3, -0.25) is 4.79 Å². The zero-order valence-electron chi connectivity index (χ0n) is 7.95. The van der Waals surface area contributed by atoms with Crippen LogP contribution in [0.25, 0.3) is 0 Å². The summed E-state index contributed by atoms with van der Waals surface area (Å²) in [5, 5.41) is 8.71. The van der Waals surface area contributed by atoms with Gasteiger partial charge in [-0.15, -0.1) is 0 Å². The second-order valence-corrected chi connectivity index (χ2v) is 3.43. The molecular formula is C11H14O2. The van der Waals surface area contributed by atoms with E-state index < -0.39 is 5.97 Å². The van der Waals surface area contributed by atoms with Crippen molar-refractivity contribution in [2.75, 3.05) is 0 Å². The van der Waals surface area contributed by atoms with Gasteiger partial charge >= 0.3 is 5.97 Å². The summed E-state index contributed by atoms with van der Waals surface area (Å²) < 4.78 is 0. The number of aryl methyl sites for hydroxylation is 1. The minimum Gasteiger partial charge on any atom is -0.481 e. The van der Waals surface area contributed by atoms with Crippen LogP contribution in [-0.2, 0) is 11.2 Å². The van der Waals surface area contributed by atoms with Crippen molar-refractivity contribution in [1.82, 2.24) is 0 Å². The molecule has 2 heteroatoms. The maximum absolute atomic E-state index is 10.6. The van der Waals surface area contributed by atoms with Crippen LogP contribution in [0.4, 0.5) is 0 Å². The van der Waals surface area contributed by atoms with E-state index in [0.717, 1.165) is 5.56 Å². The van der Waals surface area contributed by atoms with Crippen LogP contribution >= 0.6 is 0 Å². The highest BCUT2D eigenvalue weighted by Crippen LogP contribution is 2.10. The number of carboxylic acids is 1. The fourth-order valence-corrected chi connectivity index (χ4v) is 1.28. The van der Waals surface area contributed by atoms with E-state index >= 15 is 0 Å². The lowest BCUT2D eigenvalue weighted by Gasteiger charge is -2.06. The molecule has 1 atom stereocenters. The maximum Gasteiger partial charge on any atom is 0.306 e. The molecule has 0 saturated carbocycles. The zero-order valence-corrected chi connectivity index (χ0v) is 7.95. The van der Waals surface area contributed by atoms with Gasteiger partial charge in [0.25, 0.3) is 0 Å². The molecule has 0 aliphatic heterocycles. The standard InChI is InChI=1S/C11H14O2/c1-8-4-3-5-10(6-8)7-9(2)11(12)13/h3-6,9H,7H2,1-2H3,(H,12,13)/t9-/m0/s1. The highest BCUT2D eigenvalue weighted by Gasteiger charge is 2.10. The van der Waals surface area contributed by atoms with Crippen molar-refractivity contribution in [1.29, 1.82) is 0 Å². The number of benzene rings is 1.